The van der Waals surface area contributed by atoms with Gasteiger partial charge in [-0.3, -0.25) is 0 Å². The Morgan fingerprint density at radius 1 is 0.941 bits per heavy atom. The molecule has 96 valence electrons. The lowest BCUT2D eigenvalue weighted by Gasteiger charge is -2.32. The fraction of sp³-hybridized carbons (Fsp3) is 0.857. The monoisotopic (exact) mass is 236 g/mol. The van der Waals surface area contributed by atoms with Gasteiger partial charge >= 0.3 is 7.12 Å². The molecule has 1 saturated heterocycles. The summed E-state index contributed by atoms with van der Waals surface area (Å²) in [7, 11) is -0.131. The maximum Gasteiger partial charge on any atom is 0.490 e. The molecule has 0 N–H and O–H groups in total. The molecule has 0 bridgehead atoms. The molecule has 2 aliphatic rings. The number of hydrogen-bond acceptors (Lipinski definition) is 2. The van der Waals surface area contributed by atoms with Crippen LogP contribution in [0.25, 0.3) is 0 Å². The van der Waals surface area contributed by atoms with Crippen molar-refractivity contribution in [2.75, 3.05) is 0 Å². The summed E-state index contributed by atoms with van der Waals surface area (Å²) in [4.78, 5) is 0. The quantitative estimate of drug-likeness (QED) is 0.643. The average molecular weight is 236 g/mol. The minimum absolute atomic E-state index is 0.131. The highest BCUT2D eigenvalue weighted by Gasteiger charge is 2.51. The highest BCUT2D eigenvalue weighted by Crippen LogP contribution is 2.40. The minimum atomic E-state index is -0.214. The van der Waals surface area contributed by atoms with Crippen LogP contribution in [0, 0.1) is 0 Å². The van der Waals surface area contributed by atoms with Crippen LogP contribution in [0.2, 0.25) is 0 Å². The molecule has 2 fully saturated rings. The number of rotatable bonds is 1. The summed E-state index contributed by atoms with van der Waals surface area (Å²) in [6.45, 7) is 10.7. The zero-order chi connectivity index (χ0) is 12.7. The van der Waals surface area contributed by atoms with Gasteiger partial charge in [-0.1, -0.05) is 12.0 Å². The van der Waals surface area contributed by atoms with E-state index < -0.39 is 0 Å². The van der Waals surface area contributed by atoms with Gasteiger partial charge < -0.3 is 9.31 Å². The zero-order valence-corrected chi connectivity index (χ0v) is 11.9. The van der Waals surface area contributed by atoms with Gasteiger partial charge in [-0.05, 0) is 65.8 Å². The van der Waals surface area contributed by atoms with Crippen LogP contribution in [0.3, 0.4) is 0 Å². The Balaban J connectivity index is 2.15. The summed E-state index contributed by atoms with van der Waals surface area (Å²) in [5.41, 5.74) is 2.46. The topological polar surface area (TPSA) is 18.5 Å². The van der Waals surface area contributed by atoms with E-state index in [-0.39, 0.29) is 18.3 Å². The Labute approximate surface area is 106 Å². The molecular formula is C14H25BO2. The summed E-state index contributed by atoms with van der Waals surface area (Å²) >= 11 is 0. The maximum atomic E-state index is 6.10. The van der Waals surface area contributed by atoms with Gasteiger partial charge in [-0.2, -0.15) is 0 Å². The predicted octanol–water partition coefficient (Wildman–Crippen LogP) is 3.90. The Kier molecular flexibility index (Phi) is 3.43. The molecule has 0 spiro atoms. The molecule has 0 aromatic carbocycles. The van der Waals surface area contributed by atoms with Crippen molar-refractivity contribution in [3.8, 4) is 0 Å². The van der Waals surface area contributed by atoms with Crippen molar-refractivity contribution in [2.24, 2.45) is 0 Å². The molecule has 17 heavy (non-hydrogen) atoms. The SMILES string of the molecule is CC(B1OC(C)(C)C(C)(C)O1)=C1CCCCC1. The smallest absolute Gasteiger partial charge is 0.400 e. The first-order valence-electron chi connectivity index (χ1n) is 6.88. The molecule has 3 heteroatoms. The Morgan fingerprint density at radius 2 is 1.41 bits per heavy atom. The lowest BCUT2D eigenvalue weighted by molar-refractivity contribution is 0.00578. The Hall–Kier alpha value is -0.275. The molecular weight excluding hydrogens is 211 g/mol. The van der Waals surface area contributed by atoms with E-state index in [1.165, 1.54) is 37.6 Å². The van der Waals surface area contributed by atoms with Crippen LogP contribution in [-0.2, 0) is 9.31 Å². The van der Waals surface area contributed by atoms with Crippen molar-refractivity contribution in [1.29, 1.82) is 0 Å². The number of hydrogen-bond donors (Lipinski definition) is 0. The van der Waals surface area contributed by atoms with Gasteiger partial charge in [0.2, 0.25) is 0 Å². The van der Waals surface area contributed by atoms with E-state index in [4.69, 9.17) is 9.31 Å². The van der Waals surface area contributed by atoms with Crippen LogP contribution in [0.5, 0.6) is 0 Å². The molecule has 1 aliphatic heterocycles. The van der Waals surface area contributed by atoms with Crippen molar-refractivity contribution in [3.05, 3.63) is 11.0 Å². The van der Waals surface area contributed by atoms with Gasteiger partial charge in [0, 0.05) is 0 Å². The first-order chi connectivity index (χ1) is 7.83. The molecule has 0 radical (unpaired) electrons. The van der Waals surface area contributed by atoms with E-state index in [0.29, 0.717) is 0 Å². The van der Waals surface area contributed by atoms with Gasteiger partial charge in [0.1, 0.15) is 0 Å². The van der Waals surface area contributed by atoms with Gasteiger partial charge in [-0.25, -0.2) is 0 Å². The van der Waals surface area contributed by atoms with Crippen LogP contribution in [-0.4, -0.2) is 18.3 Å². The molecule has 2 nitrogen and oxygen atoms in total. The maximum absolute atomic E-state index is 6.10. The largest absolute Gasteiger partial charge is 0.490 e. The third kappa shape index (κ3) is 2.46. The molecule has 0 atom stereocenters. The molecule has 0 aromatic heterocycles. The van der Waals surface area contributed by atoms with Crippen LogP contribution in [0.4, 0.5) is 0 Å². The summed E-state index contributed by atoms with van der Waals surface area (Å²) < 4.78 is 12.2. The standard InChI is InChI=1S/C14H25BO2/c1-11(12-9-7-6-8-10-12)15-16-13(2,3)14(4,5)17-15/h6-10H2,1-5H3. The van der Waals surface area contributed by atoms with Gasteiger partial charge in [0.05, 0.1) is 11.2 Å². The fourth-order valence-corrected chi connectivity index (χ4v) is 2.56. The van der Waals surface area contributed by atoms with Gasteiger partial charge in [-0.15, -0.1) is 0 Å². The lowest BCUT2D eigenvalue weighted by Crippen LogP contribution is -2.41. The first kappa shape index (κ1) is 13.2. The van der Waals surface area contributed by atoms with Crippen LogP contribution in [0.15, 0.2) is 11.0 Å². The molecule has 1 heterocycles. The van der Waals surface area contributed by atoms with Crippen molar-refractivity contribution in [3.63, 3.8) is 0 Å². The Morgan fingerprint density at radius 3 is 1.88 bits per heavy atom. The van der Waals surface area contributed by atoms with Crippen LogP contribution in [0.1, 0.15) is 66.7 Å². The second kappa shape index (κ2) is 4.44. The van der Waals surface area contributed by atoms with Crippen LogP contribution >= 0.6 is 0 Å². The molecule has 0 unspecified atom stereocenters. The van der Waals surface area contributed by atoms with E-state index in [1.807, 2.05) is 0 Å². The summed E-state index contributed by atoms with van der Waals surface area (Å²) in [5, 5.41) is 0. The van der Waals surface area contributed by atoms with Crippen molar-refractivity contribution >= 4 is 7.12 Å². The lowest BCUT2D eigenvalue weighted by atomic mass is 9.73. The third-order valence-corrected chi connectivity index (χ3v) is 4.62. The van der Waals surface area contributed by atoms with E-state index in [1.54, 1.807) is 5.57 Å². The zero-order valence-electron chi connectivity index (χ0n) is 11.9. The van der Waals surface area contributed by atoms with Gasteiger partial charge in [0.15, 0.2) is 0 Å². The molecule has 1 saturated carbocycles. The highest BCUT2D eigenvalue weighted by atomic mass is 16.7. The third-order valence-electron chi connectivity index (χ3n) is 4.62. The van der Waals surface area contributed by atoms with Crippen molar-refractivity contribution < 1.29 is 9.31 Å². The Bertz CT molecular complexity index is 307. The highest BCUT2D eigenvalue weighted by molar-refractivity contribution is 6.54. The normalized spacial score (nSPS) is 27.4. The second-order valence-corrected chi connectivity index (χ2v) is 6.44. The molecule has 2 rings (SSSR count). The van der Waals surface area contributed by atoms with Gasteiger partial charge in [0.25, 0.3) is 0 Å². The van der Waals surface area contributed by atoms with E-state index in [9.17, 15) is 0 Å². The number of allylic oxidation sites excluding steroid dienone is 2. The van der Waals surface area contributed by atoms with Crippen LogP contribution < -0.4 is 0 Å². The predicted molar refractivity (Wildman–Crippen MR) is 71.9 cm³/mol. The van der Waals surface area contributed by atoms with Crippen molar-refractivity contribution in [1.82, 2.24) is 0 Å². The average Bonchev–Trinajstić information content (AvgIpc) is 2.48. The van der Waals surface area contributed by atoms with E-state index in [2.05, 4.69) is 34.6 Å². The molecule has 0 aromatic rings. The minimum Gasteiger partial charge on any atom is -0.400 e. The van der Waals surface area contributed by atoms with E-state index in [0.717, 1.165) is 0 Å². The summed E-state index contributed by atoms with van der Waals surface area (Å²) in [6, 6.07) is 0. The summed E-state index contributed by atoms with van der Waals surface area (Å²) in [6.07, 6.45) is 6.49. The first-order valence-corrected chi connectivity index (χ1v) is 6.88. The molecule has 1 aliphatic carbocycles. The second-order valence-electron chi connectivity index (χ2n) is 6.44. The molecule has 0 amide bonds. The van der Waals surface area contributed by atoms with Crippen molar-refractivity contribution in [2.45, 2.75) is 77.9 Å². The van der Waals surface area contributed by atoms with E-state index >= 15 is 0 Å². The summed E-state index contributed by atoms with van der Waals surface area (Å²) in [5.74, 6) is 0. The fourth-order valence-electron chi connectivity index (χ4n) is 2.56.